The van der Waals surface area contributed by atoms with Crippen molar-refractivity contribution in [1.29, 1.82) is 0 Å². The topological polar surface area (TPSA) is 91.1 Å². The number of rotatable bonds is 6. The quantitative estimate of drug-likeness (QED) is 0.356. The van der Waals surface area contributed by atoms with Crippen molar-refractivity contribution in [2.45, 2.75) is 29.8 Å². The Labute approximate surface area is 215 Å². The van der Waals surface area contributed by atoms with Gasteiger partial charge in [0.2, 0.25) is 26.6 Å². The molecular formula is C28H26N2O6S. The highest BCUT2D eigenvalue weighted by Crippen LogP contribution is 2.39. The number of anilines is 1. The van der Waals surface area contributed by atoms with E-state index < -0.39 is 9.84 Å². The summed E-state index contributed by atoms with van der Waals surface area (Å²) >= 11 is 0. The summed E-state index contributed by atoms with van der Waals surface area (Å²) in [7, 11) is -4.04. The maximum absolute atomic E-state index is 13.9. The van der Waals surface area contributed by atoms with E-state index in [1.165, 1.54) is 17.7 Å². The molecule has 1 aromatic heterocycles. The van der Waals surface area contributed by atoms with E-state index in [1.54, 1.807) is 6.07 Å². The zero-order chi connectivity index (χ0) is 25.4. The van der Waals surface area contributed by atoms with E-state index in [1.807, 2.05) is 48.2 Å². The van der Waals surface area contributed by atoms with Crippen molar-refractivity contribution in [3.63, 3.8) is 0 Å². The standard InChI is InChI=1S/C28H26N2O6S/c1-2-33-22-9-7-20(8-10-22)26-29-27(28(36-26)30-14-13-19-5-3-4-6-21(19)18-30)37(31,32)23-11-12-24-25(17-23)35-16-15-34-24/h3-12,17H,2,13-16,18H2,1H3. The van der Waals surface area contributed by atoms with E-state index in [4.69, 9.17) is 18.6 Å². The van der Waals surface area contributed by atoms with Gasteiger partial charge in [0.25, 0.3) is 0 Å². The van der Waals surface area contributed by atoms with Crippen LogP contribution in [0.1, 0.15) is 18.1 Å². The molecule has 3 aromatic carbocycles. The SMILES string of the molecule is CCOc1ccc(-c2nc(S(=O)(=O)c3ccc4c(c3)OCCO4)c(N3CCc4ccccc4C3)o2)cc1. The third-order valence-corrected chi connectivity index (χ3v) is 8.14. The lowest BCUT2D eigenvalue weighted by Gasteiger charge is -2.28. The van der Waals surface area contributed by atoms with Crippen LogP contribution in [0.15, 0.2) is 81.1 Å². The average molecular weight is 519 g/mol. The highest BCUT2D eigenvalue weighted by Gasteiger charge is 2.33. The molecule has 0 amide bonds. The highest BCUT2D eigenvalue weighted by atomic mass is 32.2. The summed E-state index contributed by atoms with van der Waals surface area (Å²) in [6, 6.07) is 20.0. The van der Waals surface area contributed by atoms with Gasteiger partial charge in [0.15, 0.2) is 11.5 Å². The van der Waals surface area contributed by atoms with Gasteiger partial charge >= 0.3 is 0 Å². The Balaban J connectivity index is 1.44. The smallest absolute Gasteiger partial charge is 0.236 e. The molecule has 190 valence electrons. The summed E-state index contributed by atoms with van der Waals surface area (Å²) in [6.07, 6.45) is 0.777. The van der Waals surface area contributed by atoms with Gasteiger partial charge in [-0.2, -0.15) is 4.98 Å². The Morgan fingerprint density at radius 3 is 2.49 bits per heavy atom. The molecule has 0 unspecified atom stereocenters. The Hall–Kier alpha value is -3.98. The monoisotopic (exact) mass is 518 g/mol. The fourth-order valence-corrected chi connectivity index (χ4v) is 5.96. The first-order chi connectivity index (χ1) is 18.0. The van der Waals surface area contributed by atoms with Gasteiger partial charge in [-0.15, -0.1) is 0 Å². The first-order valence-corrected chi connectivity index (χ1v) is 13.7. The van der Waals surface area contributed by atoms with Crippen LogP contribution in [-0.4, -0.2) is 39.8 Å². The number of nitrogens with zero attached hydrogens (tertiary/aromatic N) is 2. The minimum atomic E-state index is -4.04. The zero-order valence-electron chi connectivity index (χ0n) is 20.3. The molecule has 3 heterocycles. The number of aromatic nitrogens is 1. The molecule has 9 heteroatoms. The molecule has 0 N–H and O–H groups in total. The number of fused-ring (bicyclic) bond motifs is 2. The summed E-state index contributed by atoms with van der Waals surface area (Å²) in [5.74, 6) is 2.10. The van der Waals surface area contributed by atoms with Crippen LogP contribution in [0.3, 0.4) is 0 Å². The lowest BCUT2D eigenvalue weighted by molar-refractivity contribution is 0.171. The second kappa shape index (κ2) is 9.48. The Bertz CT molecular complexity index is 1550. The van der Waals surface area contributed by atoms with Crippen LogP contribution in [0, 0.1) is 0 Å². The minimum absolute atomic E-state index is 0.0713. The molecule has 4 aromatic rings. The largest absolute Gasteiger partial charge is 0.494 e. The van der Waals surface area contributed by atoms with Crippen LogP contribution in [0.5, 0.6) is 17.2 Å². The van der Waals surface area contributed by atoms with Crippen LogP contribution < -0.4 is 19.1 Å². The molecule has 2 aliphatic heterocycles. The maximum atomic E-state index is 13.9. The molecule has 0 fully saturated rings. The molecule has 0 spiro atoms. The molecule has 8 nitrogen and oxygen atoms in total. The van der Waals surface area contributed by atoms with Crippen LogP contribution in [0.2, 0.25) is 0 Å². The summed E-state index contributed by atoms with van der Waals surface area (Å²) < 4.78 is 50.8. The van der Waals surface area contributed by atoms with Crippen LogP contribution in [-0.2, 0) is 22.8 Å². The fourth-order valence-electron chi connectivity index (χ4n) is 4.63. The van der Waals surface area contributed by atoms with Gasteiger partial charge in [0, 0.05) is 24.7 Å². The molecule has 0 aliphatic carbocycles. The molecular weight excluding hydrogens is 492 g/mol. The van der Waals surface area contributed by atoms with Crippen LogP contribution >= 0.6 is 0 Å². The normalized spacial score (nSPS) is 14.8. The first kappa shape index (κ1) is 23.4. The van der Waals surface area contributed by atoms with Crippen molar-refractivity contribution in [1.82, 2.24) is 4.98 Å². The third kappa shape index (κ3) is 4.40. The van der Waals surface area contributed by atoms with Crippen molar-refractivity contribution in [2.75, 3.05) is 31.3 Å². The van der Waals surface area contributed by atoms with Gasteiger partial charge in [0.05, 0.1) is 11.5 Å². The van der Waals surface area contributed by atoms with Gasteiger partial charge in [-0.25, -0.2) is 8.42 Å². The number of hydrogen-bond donors (Lipinski definition) is 0. The Morgan fingerprint density at radius 2 is 1.70 bits per heavy atom. The Kier molecular flexibility index (Phi) is 6.00. The van der Waals surface area contributed by atoms with Crippen molar-refractivity contribution in [2.24, 2.45) is 0 Å². The number of sulfone groups is 1. The summed E-state index contributed by atoms with van der Waals surface area (Å²) in [5, 5.41) is -0.118. The van der Waals surface area contributed by atoms with Crippen molar-refractivity contribution in [3.05, 3.63) is 77.9 Å². The van der Waals surface area contributed by atoms with E-state index in [-0.39, 0.29) is 21.7 Å². The molecule has 6 rings (SSSR count). The van der Waals surface area contributed by atoms with E-state index in [9.17, 15) is 8.42 Å². The number of ether oxygens (including phenoxy) is 3. The number of oxazole rings is 1. The van der Waals surface area contributed by atoms with Gasteiger partial charge in [-0.1, -0.05) is 24.3 Å². The van der Waals surface area contributed by atoms with E-state index in [0.29, 0.717) is 50.0 Å². The van der Waals surface area contributed by atoms with Gasteiger partial charge in [0.1, 0.15) is 19.0 Å². The second-order valence-corrected chi connectivity index (χ2v) is 10.7. The summed E-state index contributed by atoms with van der Waals surface area (Å²) in [5.41, 5.74) is 3.04. The van der Waals surface area contributed by atoms with E-state index >= 15 is 0 Å². The van der Waals surface area contributed by atoms with Crippen molar-refractivity contribution in [3.8, 4) is 28.7 Å². The molecule has 0 saturated heterocycles. The minimum Gasteiger partial charge on any atom is -0.494 e. The van der Waals surface area contributed by atoms with E-state index in [2.05, 4.69) is 17.1 Å². The first-order valence-electron chi connectivity index (χ1n) is 12.2. The maximum Gasteiger partial charge on any atom is 0.236 e. The average Bonchev–Trinajstić information content (AvgIpc) is 3.40. The highest BCUT2D eigenvalue weighted by molar-refractivity contribution is 7.91. The second-order valence-electron chi connectivity index (χ2n) is 8.84. The number of benzene rings is 3. The molecule has 2 aliphatic rings. The van der Waals surface area contributed by atoms with Crippen LogP contribution in [0.25, 0.3) is 11.5 Å². The lowest BCUT2D eigenvalue weighted by atomic mass is 10.0. The molecule has 0 atom stereocenters. The van der Waals surface area contributed by atoms with Gasteiger partial charge in [-0.3, -0.25) is 0 Å². The molecule has 37 heavy (non-hydrogen) atoms. The predicted octanol–water partition coefficient (Wildman–Crippen LogP) is 4.91. The van der Waals surface area contributed by atoms with Gasteiger partial charge in [-0.05, 0) is 60.9 Å². The fraction of sp³-hybridized carbons (Fsp3) is 0.250. The third-order valence-electron chi connectivity index (χ3n) is 6.49. The lowest BCUT2D eigenvalue weighted by Crippen LogP contribution is -2.31. The Morgan fingerprint density at radius 1 is 0.946 bits per heavy atom. The van der Waals surface area contributed by atoms with Gasteiger partial charge < -0.3 is 23.5 Å². The van der Waals surface area contributed by atoms with Crippen molar-refractivity contribution < 1.29 is 27.0 Å². The molecule has 0 bridgehead atoms. The zero-order valence-corrected chi connectivity index (χ0v) is 21.2. The predicted molar refractivity (Wildman–Crippen MR) is 137 cm³/mol. The molecule has 0 saturated carbocycles. The summed E-state index contributed by atoms with van der Waals surface area (Å²) in [6.45, 7) is 4.39. The summed E-state index contributed by atoms with van der Waals surface area (Å²) in [4.78, 5) is 6.55. The number of hydrogen-bond acceptors (Lipinski definition) is 8. The van der Waals surface area contributed by atoms with E-state index in [0.717, 1.165) is 17.7 Å². The van der Waals surface area contributed by atoms with Crippen molar-refractivity contribution >= 4 is 15.7 Å². The molecule has 0 radical (unpaired) electrons. The van der Waals surface area contributed by atoms with Crippen LogP contribution in [0.4, 0.5) is 5.88 Å².